The van der Waals surface area contributed by atoms with Gasteiger partial charge in [-0.1, -0.05) is 12.1 Å². The fourth-order valence-electron chi connectivity index (χ4n) is 1.70. The molecular weight excluding hydrogens is 295 g/mol. The normalized spacial score (nSPS) is 11.3. The maximum Gasteiger partial charge on any atom is 0.202 e. The van der Waals surface area contributed by atoms with Crippen molar-refractivity contribution in [3.8, 4) is 5.75 Å². The largest absolute Gasteiger partial charge is 0.497 e. The molecule has 0 saturated carbocycles. The Morgan fingerprint density at radius 2 is 1.62 bits per heavy atom. The third kappa shape index (κ3) is 4.27. The van der Waals surface area contributed by atoms with E-state index in [2.05, 4.69) is 0 Å². The lowest BCUT2D eigenvalue weighted by Crippen LogP contribution is -2.10. The summed E-state index contributed by atoms with van der Waals surface area (Å²) >= 11 is 0. The van der Waals surface area contributed by atoms with Crippen LogP contribution in [0.2, 0.25) is 0 Å². The van der Waals surface area contributed by atoms with Crippen molar-refractivity contribution >= 4 is 9.84 Å². The van der Waals surface area contributed by atoms with Gasteiger partial charge in [-0.05, 0) is 42.0 Å². The highest BCUT2D eigenvalue weighted by Crippen LogP contribution is 2.15. The minimum atomic E-state index is -3.57. The van der Waals surface area contributed by atoms with Crippen LogP contribution >= 0.6 is 0 Å². The van der Waals surface area contributed by atoms with Crippen LogP contribution in [0.5, 0.6) is 5.75 Å². The maximum atomic E-state index is 12.8. The van der Waals surface area contributed by atoms with Gasteiger partial charge in [0.05, 0.1) is 18.6 Å². The van der Waals surface area contributed by atoms with Crippen molar-refractivity contribution in [2.75, 3.05) is 13.0 Å². The van der Waals surface area contributed by atoms with Crippen molar-refractivity contribution < 1.29 is 22.3 Å². The van der Waals surface area contributed by atoms with Gasteiger partial charge in [-0.3, -0.25) is 0 Å². The molecule has 2 aromatic rings. The van der Waals surface area contributed by atoms with E-state index >= 15 is 0 Å². The number of benzene rings is 2. The lowest BCUT2D eigenvalue weighted by molar-refractivity contribution is 0.163. The molecule has 2 rings (SSSR count). The van der Waals surface area contributed by atoms with E-state index in [-0.39, 0.29) is 11.5 Å². The van der Waals surface area contributed by atoms with Gasteiger partial charge in [0.15, 0.2) is 5.94 Å². The number of methoxy groups -OCH3 is 1. The Hall–Kier alpha value is -1.92. The topological polar surface area (TPSA) is 52.6 Å². The molecule has 2 aromatic carbocycles. The monoisotopic (exact) mass is 310 g/mol. The molecule has 0 aliphatic rings. The summed E-state index contributed by atoms with van der Waals surface area (Å²) in [7, 11) is -2.00. The summed E-state index contributed by atoms with van der Waals surface area (Å²) in [4.78, 5) is 0.0404. The van der Waals surface area contributed by atoms with Crippen molar-refractivity contribution in [3.05, 3.63) is 59.9 Å². The third-order valence-corrected chi connectivity index (χ3v) is 4.31. The van der Waals surface area contributed by atoms with Crippen LogP contribution in [0.25, 0.3) is 0 Å². The molecule has 0 aromatic heterocycles. The second kappa shape index (κ2) is 6.69. The van der Waals surface area contributed by atoms with Crippen LogP contribution in [0.15, 0.2) is 53.4 Å². The number of hydrogen-bond donors (Lipinski definition) is 0. The molecule has 0 saturated heterocycles. The molecule has 0 aliphatic heterocycles. The average Bonchev–Trinajstić information content (AvgIpc) is 2.48. The van der Waals surface area contributed by atoms with E-state index in [1.54, 1.807) is 31.4 Å². The maximum absolute atomic E-state index is 12.8. The molecule has 0 bridgehead atoms. The SMILES string of the molecule is COc1ccc(COCS(=O)(=O)c2ccc(F)cc2)cc1. The van der Waals surface area contributed by atoms with Gasteiger partial charge in [0.25, 0.3) is 0 Å². The first kappa shape index (κ1) is 15.5. The Morgan fingerprint density at radius 1 is 1.00 bits per heavy atom. The Labute approximate surface area is 123 Å². The molecule has 0 aliphatic carbocycles. The summed E-state index contributed by atoms with van der Waals surface area (Å²) in [5.74, 6) is -0.212. The number of ether oxygens (including phenoxy) is 2. The summed E-state index contributed by atoms with van der Waals surface area (Å²) in [5, 5.41) is 0. The van der Waals surface area contributed by atoms with Gasteiger partial charge in [-0.2, -0.15) is 0 Å². The summed E-state index contributed by atoms with van der Waals surface area (Å²) < 4.78 is 47.0. The molecule has 0 N–H and O–H groups in total. The number of hydrogen-bond acceptors (Lipinski definition) is 4. The predicted octanol–water partition coefficient (Wildman–Crippen LogP) is 2.78. The number of rotatable bonds is 6. The van der Waals surface area contributed by atoms with Gasteiger partial charge in [-0.25, -0.2) is 12.8 Å². The first-order valence-electron chi connectivity index (χ1n) is 6.20. The summed E-state index contributed by atoms with van der Waals surface area (Å²) in [5.41, 5.74) is 0.838. The van der Waals surface area contributed by atoms with Gasteiger partial charge >= 0.3 is 0 Å². The predicted molar refractivity (Wildman–Crippen MR) is 76.2 cm³/mol. The Bertz CT molecular complexity index is 679. The molecule has 21 heavy (non-hydrogen) atoms. The molecule has 0 spiro atoms. The van der Waals surface area contributed by atoms with Gasteiger partial charge in [0.1, 0.15) is 11.6 Å². The molecule has 0 fully saturated rings. The summed E-state index contributed by atoms with van der Waals surface area (Å²) in [6, 6.07) is 11.8. The lowest BCUT2D eigenvalue weighted by atomic mass is 10.2. The van der Waals surface area contributed by atoms with E-state index in [1.165, 1.54) is 12.1 Å². The van der Waals surface area contributed by atoms with E-state index in [0.29, 0.717) is 0 Å². The van der Waals surface area contributed by atoms with Crippen molar-refractivity contribution in [3.63, 3.8) is 0 Å². The minimum Gasteiger partial charge on any atom is -0.497 e. The first-order chi connectivity index (χ1) is 10.0. The van der Waals surface area contributed by atoms with Crippen LogP contribution in [0.1, 0.15) is 5.56 Å². The van der Waals surface area contributed by atoms with Gasteiger partial charge in [0, 0.05) is 0 Å². The van der Waals surface area contributed by atoms with E-state index in [1.807, 2.05) is 0 Å². The molecular formula is C15H15FO4S. The molecule has 0 amide bonds. The minimum absolute atomic E-state index is 0.0404. The standard InChI is InChI=1S/C15H15FO4S/c1-19-14-6-2-12(3-7-14)10-20-11-21(17,18)15-8-4-13(16)5-9-15/h2-9H,10-11H2,1H3. The fourth-order valence-corrected chi connectivity index (χ4v) is 2.69. The quantitative estimate of drug-likeness (QED) is 0.770. The number of halogens is 1. The van der Waals surface area contributed by atoms with Crippen molar-refractivity contribution in [1.29, 1.82) is 0 Å². The zero-order valence-electron chi connectivity index (χ0n) is 11.5. The second-order valence-electron chi connectivity index (χ2n) is 4.38. The molecule has 0 heterocycles. The molecule has 112 valence electrons. The molecule has 0 atom stereocenters. The van der Waals surface area contributed by atoms with E-state index in [9.17, 15) is 12.8 Å². The lowest BCUT2D eigenvalue weighted by Gasteiger charge is -2.07. The van der Waals surface area contributed by atoms with E-state index in [0.717, 1.165) is 23.4 Å². The van der Waals surface area contributed by atoms with Gasteiger partial charge in [0.2, 0.25) is 9.84 Å². The highest BCUT2D eigenvalue weighted by molar-refractivity contribution is 7.91. The fraction of sp³-hybridized carbons (Fsp3) is 0.200. The average molecular weight is 310 g/mol. The molecule has 0 unspecified atom stereocenters. The van der Waals surface area contributed by atoms with Crippen molar-refractivity contribution in [2.24, 2.45) is 0 Å². The Balaban J connectivity index is 1.93. The van der Waals surface area contributed by atoms with E-state index < -0.39 is 21.6 Å². The molecule has 4 nitrogen and oxygen atoms in total. The molecule has 0 radical (unpaired) electrons. The smallest absolute Gasteiger partial charge is 0.202 e. The zero-order valence-corrected chi connectivity index (χ0v) is 12.3. The van der Waals surface area contributed by atoms with Crippen LogP contribution in [0, 0.1) is 5.82 Å². The van der Waals surface area contributed by atoms with Gasteiger partial charge in [-0.15, -0.1) is 0 Å². The summed E-state index contributed by atoms with van der Waals surface area (Å²) in [6.45, 7) is 0.171. The van der Waals surface area contributed by atoms with Crippen LogP contribution in [-0.4, -0.2) is 21.5 Å². The molecule has 6 heteroatoms. The Morgan fingerprint density at radius 3 is 2.19 bits per heavy atom. The van der Waals surface area contributed by atoms with Crippen LogP contribution in [0.3, 0.4) is 0 Å². The van der Waals surface area contributed by atoms with E-state index in [4.69, 9.17) is 9.47 Å². The van der Waals surface area contributed by atoms with Crippen molar-refractivity contribution in [1.82, 2.24) is 0 Å². The van der Waals surface area contributed by atoms with Crippen LogP contribution in [0.4, 0.5) is 4.39 Å². The number of sulfone groups is 1. The van der Waals surface area contributed by atoms with Crippen LogP contribution < -0.4 is 4.74 Å². The second-order valence-corrected chi connectivity index (χ2v) is 6.32. The summed E-state index contributed by atoms with van der Waals surface area (Å²) in [6.07, 6.45) is 0. The first-order valence-corrected chi connectivity index (χ1v) is 7.85. The Kier molecular flexibility index (Phi) is 4.93. The highest BCUT2D eigenvalue weighted by atomic mass is 32.2. The van der Waals surface area contributed by atoms with Gasteiger partial charge < -0.3 is 9.47 Å². The van der Waals surface area contributed by atoms with Crippen LogP contribution in [-0.2, 0) is 21.2 Å². The third-order valence-electron chi connectivity index (χ3n) is 2.84. The highest BCUT2D eigenvalue weighted by Gasteiger charge is 2.14. The zero-order chi connectivity index (χ0) is 15.3. The van der Waals surface area contributed by atoms with Crippen molar-refractivity contribution in [2.45, 2.75) is 11.5 Å².